The lowest BCUT2D eigenvalue weighted by Gasteiger charge is -2.20. The molecular weight excluding hydrogens is 322 g/mol. The number of allylic oxidation sites excluding steroid dienone is 1. The number of hydrogen-bond donors (Lipinski definition) is 1. The zero-order valence-corrected chi connectivity index (χ0v) is 15.1. The molecule has 0 atom stereocenters. The number of ketones is 1. The van der Waals surface area contributed by atoms with Crippen molar-refractivity contribution < 1.29 is 9.90 Å². The van der Waals surface area contributed by atoms with Crippen LogP contribution < -0.4 is 4.90 Å². The Hall–Kier alpha value is -3.07. The minimum Gasteiger partial charge on any atom is -0.507 e. The molecule has 3 aromatic carbocycles. The topological polar surface area (TPSA) is 40.5 Å². The van der Waals surface area contributed by atoms with Crippen LogP contribution in [0.4, 0.5) is 5.69 Å². The maximum atomic E-state index is 12.5. The van der Waals surface area contributed by atoms with E-state index in [0.717, 1.165) is 24.0 Å². The van der Waals surface area contributed by atoms with Gasteiger partial charge in [-0.2, -0.15) is 0 Å². The van der Waals surface area contributed by atoms with Gasteiger partial charge in [-0.25, -0.2) is 0 Å². The zero-order chi connectivity index (χ0) is 18.5. The molecule has 0 amide bonds. The minimum atomic E-state index is -0.207. The van der Waals surface area contributed by atoms with Crippen molar-refractivity contribution in [1.82, 2.24) is 0 Å². The maximum Gasteiger partial charge on any atom is 0.189 e. The summed E-state index contributed by atoms with van der Waals surface area (Å²) in [7, 11) is 0. The van der Waals surface area contributed by atoms with E-state index in [1.54, 1.807) is 12.1 Å². The van der Waals surface area contributed by atoms with Crippen molar-refractivity contribution in [2.75, 3.05) is 18.0 Å². The number of phenols is 1. The van der Waals surface area contributed by atoms with Gasteiger partial charge >= 0.3 is 0 Å². The van der Waals surface area contributed by atoms with Crippen molar-refractivity contribution in [2.24, 2.45) is 0 Å². The lowest BCUT2D eigenvalue weighted by molar-refractivity contribution is 0.104. The van der Waals surface area contributed by atoms with E-state index in [1.807, 2.05) is 42.5 Å². The molecule has 0 saturated carbocycles. The molecule has 0 radical (unpaired) electrons. The standard InChI is InChI=1S/C23H23NO2/c1-3-24(4-2)19-13-9-17(10-14-19)11-16-22(25)21-15-12-18-7-5-6-8-20(18)23(21)26/h5-16,26H,3-4H2,1-2H3. The molecule has 0 unspecified atom stereocenters. The van der Waals surface area contributed by atoms with E-state index in [4.69, 9.17) is 0 Å². The van der Waals surface area contributed by atoms with E-state index >= 15 is 0 Å². The van der Waals surface area contributed by atoms with E-state index in [9.17, 15) is 9.90 Å². The van der Waals surface area contributed by atoms with Crippen LogP contribution in [0, 0.1) is 0 Å². The van der Waals surface area contributed by atoms with Gasteiger partial charge in [0.2, 0.25) is 0 Å². The molecule has 0 aliphatic heterocycles. The largest absolute Gasteiger partial charge is 0.507 e. The van der Waals surface area contributed by atoms with Crippen molar-refractivity contribution in [3.8, 4) is 5.75 Å². The Morgan fingerprint density at radius 1 is 0.962 bits per heavy atom. The third-order valence-electron chi connectivity index (χ3n) is 4.61. The second kappa shape index (κ2) is 7.87. The molecule has 132 valence electrons. The third kappa shape index (κ3) is 3.62. The summed E-state index contributed by atoms with van der Waals surface area (Å²) in [5.74, 6) is -0.171. The van der Waals surface area contributed by atoms with Crippen molar-refractivity contribution in [3.63, 3.8) is 0 Å². The number of aromatic hydroxyl groups is 1. The highest BCUT2D eigenvalue weighted by Crippen LogP contribution is 2.29. The fourth-order valence-corrected chi connectivity index (χ4v) is 3.10. The Bertz CT molecular complexity index is 938. The van der Waals surface area contributed by atoms with Gasteiger partial charge in [-0.3, -0.25) is 4.79 Å². The van der Waals surface area contributed by atoms with Crippen LogP contribution in [0.5, 0.6) is 5.75 Å². The lowest BCUT2D eigenvalue weighted by atomic mass is 10.0. The summed E-state index contributed by atoms with van der Waals surface area (Å²) in [6, 6.07) is 19.1. The number of hydrogen-bond acceptors (Lipinski definition) is 3. The number of anilines is 1. The van der Waals surface area contributed by atoms with Gasteiger partial charge in [0.25, 0.3) is 0 Å². The molecular formula is C23H23NO2. The normalized spacial score (nSPS) is 11.2. The molecule has 0 saturated heterocycles. The Morgan fingerprint density at radius 2 is 1.65 bits per heavy atom. The number of fused-ring (bicyclic) bond motifs is 1. The van der Waals surface area contributed by atoms with E-state index < -0.39 is 0 Å². The summed E-state index contributed by atoms with van der Waals surface area (Å²) >= 11 is 0. The fraction of sp³-hybridized carbons (Fsp3) is 0.174. The maximum absolute atomic E-state index is 12.5. The summed E-state index contributed by atoms with van der Waals surface area (Å²) in [5.41, 5.74) is 2.44. The minimum absolute atomic E-state index is 0.0367. The monoisotopic (exact) mass is 345 g/mol. The summed E-state index contributed by atoms with van der Waals surface area (Å²) in [4.78, 5) is 14.8. The molecule has 0 aliphatic rings. The molecule has 0 bridgehead atoms. The first-order valence-electron chi connectivity index (χ1n) is 8.92. The lowest BCUT2D eigenvalue weighted by Crippen LogP contribution is -2.21. The van der Waals surface area contributed by atoms with Gasteiger partial charge in [0.05, 0.1) is 5.56 Å². The third-order valence-corrected chi connectivity index (χ3v) is 4.61. The van der Waals surface area contributed by atoms with Crippen LogP contribution in [0.1, 0.15) is 29.8 Å². The average Bonchev–Trinajstić information content (AvgIpc) is 2.68. The van der Waals surface area contributed by atoms with E-state index in [-0.39, 0.29) is 11.5 Å². The first-order chi connectivity index (χ1) is 12.6. The highest BCUT2D eigenvalue weighted by molar-refractivity contribution is 6.11. The molecule has 0 fully saturated rings. The SMILES string of the molecule is CCN(CC)c1ccc(C=CC(=O)c2ccc3ccccc3c2O)cc1. The highest BCUT2D eigenvalue weighted by atomic mass is 16.3. The van der Waals surface area contributed by atoms with Crippen LogP contribution in [-0.4, -0.2) is 24.0 Å². The van der Waals surface area contributed by atoms with Gasteiger partial charge in [-0.15, -0.1) is 0 Å². The second-order valence-electron chi connectivity index (χ2n) is 6.14. The number of rotatable bonds is 6. The molecule has 0 heterocycles. The first-order valence-corrected chi connectivity index (χ1v) is 8.92. The molecule has 3 aromatic rings. The number of carbonyl (C=O) groups excluding carboxylic acids is 1. The summed E-state index contributed by atoms with van der Waals surface area (Å²) < 4.78 is 0. The van der Waals surface area contributed by atoms with Gasteiger partial charge in [0, 0.05) is 24.2 Å². The van der Waals surface area contributed by atoms with Crippen molar-refractivity contribution in [1.29, 1.82) is 0 Å². The van der Waals surface area contributed by atoms with Crippen LogP contribution in [0.25, 0.3) is 16.8 Å². The summed E-state index contributed by atoms with van der Waals surface area (Å²) in [6.45, 7) is 6.19. The average molecular weight is 345 g/mol. The van der Waals surface area contributed by atoms with Crippen LogP contribution >= 0.6 is 0 Å². The van der Waals surface area contributed by atoms with Crippen molar-refractivity contribution in [2.45, 2.75) is 13.8 Å². The molecule has 3 heteroatoms. The first kappa shape index (κ1) is 17.7. The molecule has 1 N–H and O–H groups in total. The molecule has 0 aliphatic carbocycles. The number of nitrogens with zero attached hydrogens (tertiary/aromatic N) is 1. The molecule has 3 rings (SSSR count). The number of benzene rings is 3. The Morgan fingerprint density at radius 3 is 2.35 bits per heavy atom. The molecule has 26 heavy (non-hydrogen) atoms. The molecule has 3 nitrogen and oxygen atoms in total. The van der Waals surface area contributed by atoms with Gasteiger partial charge in [-0.05, 0) is 49.1 Å². The predicted molar refractivity (Wildman–Crippen MR) is 109 cm³/mol. The van der Waals surface area contributed by atoms with Gasteiger partial charge in [-0.1, -0.05) is 48.5 Å². The van der Waals surface area contributed by atoms with E-state index in [2.05, 4.69) is 30.9 Å². The number of phenolic OH excluding ortho intramolecular Hbond substituents is 1. The predicted octanol–water partition coefficient (Wildman–Crippen LogP) is 5.29. The Kier molecular flexibility index (Phi) is 5.37. The van der Waals surface area contributed by atoms with Crippen LogP contribution in [-0.2, 0) is 0 Å². The van der Waals surface area contributed by atoms with E-state index in [1.165, 1.54) is 11.8 Å². The zero-order valence-electron chi connectivity index (χ0n) is 15.1. The number of carbonyl (C=O) groups is 1. The quantitative estimate of drug-likeness (QED) is 0.487. The summed E-state index contributed by atoms with van der Waals surface area (Å²) in [5, 5.41) is 12.0. The van der Waals surface area contributed by atoms with Crippen LogP contribution in [0.2, 0.25) is 0 Å². The van der Waals surface area contributed by atoms with Crippen molar-refractivity contribution in [3.05, 3.63) is 77.9 Å². The van der Waals surface area contributed by atoms with E-state index in [0.29, 0.717) is 10.9 Å². The Labute approximate surface area is 154 Å². The van der Waals surface area contributed by atoms with Crippen molar-refractivity contribution >= 4 is 28.3 Å². The van der Waals surface area contributed by atoms with Gasteiger partial charge in [0.15, 0.2) is 5.78 Å². The van der Waals surface area contributed by atoms with Crippen LogP contribution in [0.3, 0.4) is 0 Å². The smallest absolute Gasteiger partial charge is 0.189 e. The van der Waals surface area contributed by atoms with Gasteiger partial charge < -0.3 is 10.0 Å². The van der Waals surface area contributed by atoms with Gasteiger partial charge in [0.1, 0.15) is 5.75 Å². The fourth-order valence-electron chi connectivity index (χ4n) is 3.10. The molecule has 0 spiro atoms. The second-order valence-corrected chi connectivity index (χ2v) is 6.14. The summed E-state index contributed by atoms with van der Waals surface area (Å²) in [6.07, 6.45) is 3.29. The highest BCUT2D eigenvalue weighted by Gasteiger charge is 2.11. The molecule has 0 aromatic heterocycles. The Balaban J connectivity index is 1.80. The van der Waals surface area contributed by atoms with Crippen LogP contribution in [0.15, 0.2) is 66.7 Å².